The first-order chi connectivity index (χ1) is 3.12. The Morgan fingerprint density at radius 2 is 1.40 bits per heavy atom. The van der Waals surface area contributed by atoms with Crippen LogP contribution in [0.1, 0.15) is 13.8 Å². The van der Waals surface area contributed by atoms with Gasteiger partial charge in [-0.05, 0) is 0 Å². The molecule has 0 aromatic carbocycles. The Hall–Kier alpha value is 1.21. The van der Waals surface area contributed by atoms with Crippen LogP contribution in [-0.2, 0) is 4.57 Å². The summed E-state index contributed by atoms with van der Waals surface area (Å²) in [4.78, 5) is 8.69. The molecule has 0 rings (SSSR count). The lowest BCUT2D eigenvalue weighted by Gasteiger charge is -2.01. The van der Waals surface area contributed by atoms with Crippen LogP contribution in [0.4, 0.5) is 0 Å². The zero-order valence-electron chi connectivity index (χ0n) is 5.22. The SMILES string of the molecule is CCP(=O)(O)CC.O.[AlH3].[AlH3]. The van der Waals surface area contributed by atoms with Crippen molar-refractivity contribution >= 4 is 42.1 Å². The Kier molecular flexibility index (Phi) is 23.0. The molecule has 0 aliphatic heterocycles. The molecule has 0 aromatic heterocycles. The van der Waals surface area contributed by atoms with Crippen LogP contribution in [0.15, 0.2) is 0 Å². The van der Waals surface area contributed by atoms with E-state index in [0.29, 0.717) is 12.3 Å². The molecule has 0 unspecified atom stereocenters. The van der Waals surface area contributed by atoms with E-state index in [1.54, 1.807) is 13.8 Å². The third-order valence-corrected chi connectivity index (χ3v) is 2.96. The van der Waals surface area contributed by atoms with Crippen molar-refractivity contribution in [3.8, 4) is 0 Å². The van der Waals surface area contributed by atoms with Gasteiger partial charge in [-0.1, -0.05) is 13.8 Å². The smallest absolute Gasteiger partial charge is 0.200 e. The van der Waals surface area contributed by atoms with E-state index in [4.69, 9.17) is 4.89 Å². The maximum absolute atomic E-state index is 10.5. The van der Waals surface area contributed by atoms with Gasteiger partial charge in [-0.15, -0.1) is 0 Å². The minimum Gasteiger partial charge on any atom is -0.412 e. The fourth-order valence-electron chi connectivity index (χ4n) is 0.224. The van der Waals surface area contributed by atoms with Crippen molar-refractivity contribution in [3.05, 3.63) is 0 Å². The van der Waals surface area contributed by atoms with E-state index < -0.39 is 7.37 Å². The van der Waals surface area contributed by atoms with Crippen molar-refractivity contribution in [2.45, 2.75) is 13.8 Å². The lowest BCUT2D eigenvalue weighted by atomic mass is 11.0. The third-order valence-electron chi connectivity index (χ3n) is 0.988. The molecule has 10 heavy (non-hydrogen) atoms. The standard InChI is InChI=1S/C4H11O2P.2Al.H2O.6H/c1-3-7(5,6)4-2;;;;;;;;;/h3-4H2,1-2H3,(H,5,6);;;1H2;;;;;;. The van der Waals surface area contributed by atoms with E-state index in [1.165, 1.54) is 0 Å². The predicted molar refractivity (Wildman–Crippen MR) is 54.4 cm³/mol. The van der Waals surface area contributed by atoms with Crippen LogP contribution in [0.2, 0.25) is 0 Å². The van der Waals surface area contributed by atoms with Gasteiger partial charge in [0, 0.05) is 12.3 Å². The van der Waals surface area contributed by atoms with E-state index in [2.05, 4.69) is 0 Å². The fraction of sp³-hybridized carbons (Fsp3) is 1.00. The van der Waals surface area contributed by atoms with E-state index in [1.807, 2.05) is 0 Å². The van der Waals surface area contributed by atoms with Crippen LogP contribution < -0.4 is 0 Å². The van der Waals surface area contributed by atoms with E-state index >= 15 is 0 Å². The van der Waals surface area contributed by atoms with Gasteiger partial charge in [0.15, 0.2) is 42.1 Å². The Bertz CT molecular complexity index is 90.5. The van der Waals surface area contributed by atoms with Gasteiger partial charge in [-0.3, -0.25) is 4.57 Å². The van der Waals surface area contributed by atoms with E-state index in [0.717, 1.165) is 0 Å². The first-order valence-corrected chi connectivity index (χ1v) is 4.46. The van der Waals surface area contributed by atoms with Gasteiger partial charge in [-0.2, -0.15) is 0 Å². The lowest BCUT2D eigenvalue weighted by Crippen LogP contribution is -1.84. The molecular weight excluding hydrogens is 181 g/mol. The van der Waals surface area contributed by atoms with Crippen molar-refractivity contribution in [2.24, 2.45) is 0 Å². The molecule has 3 N–H and O–H groups in total. The van der Waals surface area contributed by atoms with Gasteiger partial charge < -0.3 is 10.4 Å². The zero-order valence-corrected chi connectivity index (χ0v) is 6.11. The van der Waals surface area contributed by atoms with Crippen LogP contribution in [0, 0.1) is 0 Å². The third kappa shape index (κ3) is 11.9. The molecule has 0 radical (unpaired) electrons. The molecular formula is C4H19Al2O3P. The highest BCUT2D eigenvalue weighted by Crippen LogP contribution is 2.38. The summed E-state index contributed by atoms with van der Waals surface area (Å²) in [5.74, 6) is 0. The topological polar surface area (TPSA) is 68.8 Å². The Balaban J connectivity index is -0.0000000600. The van der Waals surface area contributed by atoms with Crippen molar-refractivity contribution in [2.75, 3.05) is 12.3 Å². The summed E-state index contributed by atoms with van der Waals surface area (Å²) in [6.07, 6.45) is 0.812. The minimum atomic E-state index is -2.65. The molecule has 0 heterocycles. The van der Waals surface area contributed by atoms with Gasteiger partial charge in [-0.25, -0.2) is 0 Å². The van der Waals surface area contributed by atoms with Gasteiger partial charge >= 0.3 is 0 Å². The van der Waals surface area contributed by atoms with Crippen molar-refractivity contribution in [3.63, 3.8) is 0 Å². The van der Waals surface area contributed by atoms with Crippen LogP contribution in [0.5, 0.6) is 0 Å². The van der Waals surface area contributed by atoms with Crippen molar-refractivity contribution < 1.29 is 14.9 Å². The summed E-state index contributed by atoms with van der Waals surface area (Å²) in [6.45, 7) is 3.45. The molecule has 0 bridgehead atoms. The second-order valence-corrected chi connectivity index (χ2v) is 4.44. The van der Waals surface area contributed by atoms with Gasteiger partial charge in [0.1, 0.15) is 0 Å². The normalized spacial score (nSPS) is 8.30. The first kappa shape index (κ1) is 22.5. The molecule has 3 nitrogen and oxygen atoms in total. The molecule has 0 aliphatic carbocycles. The fourth-order valence-corrected chi connectivity index (χ4v) is 0.671. The lowest BCUT2D eigenvalue weighted by molar-refractivity contribution is 0.481. The van der Waals surface area contributed by atoms with Gasteiger partial charge in [0.05, 0.1) is 0 Å². The molecule has 0 aliphatic rings. The van der Waals surface area contributed by atoms with Crippen LogP contribution in [0.3, 0.4) is 0 Å². The van der Waals surface area contributed by atoms with Gasteiger partial charge in [0.2, 0.25) is 0 Å². The highest BCUT2D eigenvalue weighted by Gasteiger charge is 2.08. The molecule has 64 valence electrons. The number of rotatable bonds is 2. The average Bonchev–Trinajstić information content (AvgIpc) is 1.68. The Morgan fingerprint density at radius 1 is 1.20 bits per heavy atom. The number of hydrogen-bond donors (Lipinski definition) is 1. The molecule has 0 spiro atoms. The Morgan fingerprint density at radius 3 is 1.40 bits per heavy atom. The molecule has 0 saturated heterocycles. The van der Waals surface area contributed by atoms with Crippen LogP contribution in [0.25, 0.3) is 0 Å². The summed E-state index contributed by atoms with van der Waals surface area (Å²) in [6, 6.07) is 0. The maximum atomic E-state index is 10.5. The zero-order chi connectivity index (χ0) is 5.91. The summed E-state index contributed by atoms with van der Waals surface area (Å²) in [5.41, 5.74) is 0. The van der Waals surface area contributed by atoms with E-state index in [-0.39, 0.29) is 40.2 Å². The second-order valence-electron chi connectivity index (χ2n) is 1.48. The summed E-state index contributed by atoms with van der Waals surface area (Å²) >= 11 is 0. The second kappa shape index (κ2) is 10.2. The predicted octanol–water partition coefficient (Wildman–Crippen LogP) is -1.90. The average molecular weight is 200 g/mol. The highest BCUT2D eigenvalue weighted by molar-refractivity contribution is 7.57. The van der Waals surface area contributed by atoms with Gasteiger partial charge in [0.25, 0.3) is 0 Å². The van der Waals surface area contributed by atoms with E-state index in [9.17, 15) is 4.57 Å². The highest BCUT2D eigenvalue weighted by atomic mass is 31.2. The molecule has 0 aromatic rings. The molecule has 6 heteroatoms. The van der Waals surface area contributed by atoms with Crippen LogP contribution >= 0.6 is 7.37 Å². The first-order valence-electron chi connectivity index (χ1n) is 2.43. The summed E-state index contributed by atoms with van der Waals surface area (Å²) in [5, 5.41) is 0. The molecule has 0 amide bonds. The van der Waals surface area contributed by atoms with Crippen LogP contribution in [-0.4, -0.2) is 57.4 Å². The largest absolute Gasteiger partial charge is 0.412 e. The maximum Gasteiger partial charge on any atom is 0.200 e. The minimum absolute atomic E-state index is 0. The van der Waals surface area contributed by atoms with Crippen molar-refractivity contribution in [1.29, 1.82) is 0 Å². The summed E-state index contributed by atoms with van der Waals surface area (Å²) in [7, 11) is -2.65. The molecule has 0 saturated carbocycles. The van der Waals surface area contributed by atoms with Crippen molar-refractivity contribution in [1.82, 2.24) is 0 Å². The Labute approximate surface area is 83.2 Å². The molecule has 0 fully saturated rings. The summed E-state index contributed by atoms with van der Waals surface area (Å²) < 4.78 is 10.5. The molecule has 0 atom stereocenters. The monoisotopic (exact) mass is 200 g/mol. The quantitative estimate of drug-likeness (QED) is 0.418. The number of hydrogen-bond acceptors (Lipinski definition) is 1.